The quantitative estimate of drug-likeness (QED) is 0.846. The van der Waals surface area contributed by atoms with E-state index in [0.717, 1.165) is 23.5 Å². The molecule has 0 atom stereocenters. The Morgan fingerprint density at radius 1 is 1.44 bits per heavy atom. The third-order valence-electron chi connectivity index (χ3n) is 2.70. The summed E-state index contributed by atoms with van der Waals surface area (Å²) >= 11 is 0. The molecule has 0 saturated carbocycles. The summed E-state index contributed by atoms with van der Waals surface area (Å²) in [5.74, 6) is 1.16. The molecule has 0 aliphatic heterocycles. The van der Waals surface area contributed by atoms with Gasteiger partial charge in [-0.2, -0.15) is 0 Å². The Morgan fingerprint density at radius 3 is 3.00 bits per heavy atom. The number of nitrogens with two attached hydrogens (primary N) is 1. The highest BCUT2D eigenvalue weighted by Gasteiger charge is 2.08. The van der Waals surface area contributed by atoms with Gasteiger partial charge in [0.05, 0.1) is 7.11 Å². The molecule has 2 aromatic rings. The van der Waals surface area contributed by atoms with Gasteiger partial charge in [0.2, 0.25) is 0 Å². The molecular weight excluding hydrogens is 233 g/mol. The summed E-state index contributed by atoms with van der Waals surface area (Å²) in [5, 5.41) is 0. The van der Waals surface area contributed by atoms with Crippen molar-refractivity contribution >= 4 is 0 Å². The Kier molecular flexibility index (Phi) is 3.94. The third kappa shape index (κ3) is 2.87. The summed E-state index contributed by atoms with van der Waals surface area (Å²) in [7, 11) is 1.57. The van der Waals surface area contributed by atoms with Gasteiger partial charge in [-0.1, -0.05) is 0 Å². The monoisotopic (exact) mass is 249 g/mol. The number of ether oxygens (including phenoxy) is 1. The van der Waals surface area contributed by atoms with Crippen LogP contribution < -0.4 is 10.5 Å². The zero-order valence-corrected chi connectivity index (χ0v) is 10.2. The number of aromatic nitrogens is 2. The number of benzene rings is 1. The Balaban J connectivity index is 2.19. The van der Waals surface area contributed by atoms with Crippen molar-refractivity contribution in [2.75, 3.05) is 13.7 Å². The smallest absolute Gasteiger partial charge is 0.123 e. The fraction of sp³-hybridized carbons (Fsp3) is 0.308. The Labute approximate surface area is 105 Å². The molecule has 18 heavy (non-hydrogen) atoms. The zero-order chi connectivity index (χ0) is 13.0. The van der Waals surface area contributed by atoms with E-state index >= 15 is 0 Å². The second kappa shape index (κ2) is 5.64. The molecule has 2 rings (SSSR count). The number of nitrogens with one attached hydrogen (secondary N) is 1. The van der Waals surface area contributed by atoms with Crippen LogP contribution in [0.15, 0.2) is 24.4 Å². The molecule has 3 N–H and O–H groups in total. The lowest BCUT2D eigenvalue weighted by molar-refractivity contribution is 0.409. The second-order valence-corrected chi connectivity index (χ2v) is 4.03. The second-order valence-electron chi connectivity index (χ2n) is 4.03. The van der Waals surface area contributed by atoms with Crippen molar-refractivity contribution in [3.8, 4) is 5.75 Å². The molecule has 96 valence electrons. The van der Waals surface area contributed by atoms with Crippen molar-refractivity contribution in [3.05, 3.63) is 47.3 Å². The standard InChI is InChI=1S/C13H16FN3O/c1-18-12-3-2-10(14)6-9(12)7-13-16-8-11(17-13)4-5-15/h2-3,6,8H,4-5,7,15H2,1H3,(H,16,17). The van der Waals surface area contributed by atoms with Crippen LogP contribution in [0.5, 0.6) is 5.75 Å². The minimum Gasteiger partial charge on any atom is -0.496 e. The van der Waals surface area contributed by atoms with Gasteiger partial charge in [0, 0.05) is 30.3 Å². The molecule has 0 fully saturated rings. The van der Waals surface area contributed by atoms with Crippen LogP contribution in [0.4, 0.5) is 4.39 Å². The number of halogens is 1. The maximum absolute atomic E-state index is 13.2. The average Bonchev–Trinajstić information content (AvgIpc) is 2.77. The van der Waals surface area contributed by atoms with Crippen LogP contribution in [0.25, 0.3) is 0 Å². The van der Waals surface area contributed by atoms with Gasteiger partial charge < -0.3 is 15.5 Å². The Morgan fingerprint density at radius 2 is 2.28 bits per heavy atom. The summed E-state index contributed by atoms with van der Waals surface area (Å²) in [6, 6.07) is 4.46. The lowest BCUT2D eigenvalue weighted by Crippen LogP contribution is -2.03. The Hall–Kier alpha value is -1.88. The summed E-state index contributed by atoms with van der Waals surface area (Å²) in [4.78, 5) is 7.41. The minimum atomic E-state index is -0.278. The van der Waals surface area contributed by atoms with Gasteiger partial charge >= 0.3 is 0 Å². The number of nitrogens with zero attached hydrogens (tertiary/aromatic N) is 1. The van der Waals surface area contributed by atoms with Crippen LogP contribution in [-0.4, -0.2) is 23.6 Å². The first kappa shape index (κ1) is 12.6. The number of hydrogen-bond donors (Lipinski definition) is 2. The molecular formula is C13H16FN3O. The summed E-state index contributed by atoms with van der Waals surface area (Å²) in [6.07, 6.45) is 3.02. The van der Waals surface area contributed by atoms with Gasteiger partial charge in [0.15, 0.2) is 0 Å². The number of rotatable bonds is 5. The van der Waals surface area contributed by atoms with Crippen LogP contribution in [0.3, 0.4) is 0 Å². The van der Waals surface area contributed by atoms with E-state index in [-0.39, 0.29) is 5.82 Å². The summed E-state index contributed by atoms with van der Waals surface area (Å²) in [5.41, 5.74) is 7.23. The average molecular weight is 249 g/mol. The predicted molar refractivity (Wildman–Crippen MR) is 67.1 cm³/mol. The molecule has 5 heteroatoms. The number of hydrogen-bond acceptors (Lipinski definition) is 3. The van der Waals surface area contributed by atoms with Crippen molar-refractivity contribution in [2.24, 2.45) is 5.73 Å². The maximum Gasteiger partial charge on any atom is 0.123 e. The molecule has 1 aromatic carbocycles. The highest BCUT2D eigenvalue weighted by molar-refractivity contribution is 5.36. The van der Waals surface area contributed by atoms with Gasteiger partial charge in [0.1, 0.15) is 17.4 Å². The summed E-state index contributed by atoms with van der Waals surface area (Å²) in [6.45, 7) is 0.574. The topological polar surface area (TPSA) is 63.9 Å². The van der Waals surface area contributed by atoms with Gasteiger partial charge in [0.25, 0.3) is 0 Å². The van der Waals surface area contributed by atoms with E-state index in [1.165, 1.54) is 12.1 Å². The number of imidazole rings is 1. The maximum atomic E-state index is 13.2. The van der Waals surface area contributed by atoms with E-state index in [9.17, 15) is 4.39 Å². The molecule has 0 unspecified atom stereocenters. The first-order valence-corrected chi connectivity index (χ1v) is 5.78. The molecule has 0 amide bonds. The molecule has 0 saturated heterocycles. The van der Waals surface area contributed by atoms with Crippen LogP contribution in [-0.2, 0) is 12.8 Å². The van der Waals surface area contributed by atoms with Gasteiger partial charge in [-0.3, -0.25) is 0 Å². The summed E-state index contributed by atoms with van der Waals surface area (Å²) < 4.78 is 18.4. The molecule has 0 bridgehead atoms. The predicted octanol–water partition coefficient (Wildman–Crippen LogP) is 1.65. The van der Waals surface area contributed by atoms with Gasteiger partial charge in [-0.05, 0) is 24.7 Å². The van der Waals surface area contributed by atoms with Crippen molar-refractivity contribution in [1.82, 2.24) is 9.97 Å². The van der Waals surface area contributed by atoms with E-state index < -0.39 is 0 Å². The lowest BCUT2D eigenvalue weighted by atomic mass is 10.1. The van der Waals surface area contributed by atoms with Crippen molar-refractivity contribution in [3.63, 3.8) is 0 Å². The fourth-order valence-electron chi connectivity index (χ4n) is 1.84. The number of H-pyrrole nitrogens is 1. The molecule has 0 radical (unpaired) electrons. The molecule has 0 aliphatic carbocycles. The molecule has 1 aromatic heterocycles. The highest BCUT2D eigenvalue weighted by atomic mass is 19.1. The van der Waals surface area contributed by atoms with E-state index in [0.29, 0.717) is 18.7 Å². The number of methoxy groups -OCH3 is 1. The third-order valence-corrected chi connectivity index (χ3v) is 2.70. The van der Waals surface area contributed by atoms with Crippen LogP contribution in [0, 0.1) is 5.82 Å². The van der Waals surface area contributed by atoms with E-state index in [1.54, 1.807) is 19.4 Å². The van der Waals surface area contributed by atoms with Gasteiger partial charge in [-0.15, -0.1) is 0 Å². The first-order valence-electron chi connectivity index (χ1n) is 5.78. The van der Waals surface area contributed by atoms with Crippen molar-refractivity contribution in [2.45, 2.75) is 12.8 Å². The van der Waals surface area contributed by atoms with Gasteiger partial charge in [-0.25, -0.2) is 9.37 Å². The zero-order valence-electron chi connectivity index (χ0n) is 10.2. The molecule has 1 heterocycles. The molecule has 0 spiro atoms. The Bertz CT molecular complexity index is 525. The highest BCUT2D eigenvalue weighted by Crippen LogP contribution is 2.21. The van der Waals surface area contributed by atoms with Crippen molar-refractivity contribution in [1.29, 1.82) is 0 Å². The lowest BCUT2D eigenvalue weighted by Gasteiger charge is -2.06. The molecule has 4 nitrogen and oxygen atoms in total. The number of aromatic amines is 1. The minimum absolute atomic E-state index is 0.278. The van der Waals surface area contributed by atoms with Crippen LogP contribution in [0.1, 0.15) is 17.1 Å². The van der Waals surface area contributed by atoms with E-state index in [2.05, 4.69) is 9.97 Å². The first-order chi connectivity index (χ1) is 8.72. The molecule has 0 aliphatic rings. The van der Waals surface area contributed by atoms with Crippen LogP contribution >= 0.6 is 0 Å². The largest absolute Gasteiger partial charge is 0.496 e. The van der Waals surface area contributed by atoms with Crippen LogP contribution in [0.2, 0.25) is 0 Å². The SMILES string of the molecule is COc1ccc(F)cc1Cc1ncc(CCN)[nH]1. The van der Waals surface area contributed by atoms with E-state index in [1.807, 2.05) is 0 Å². The van der Waals surface area contributed by atoms with Crippen molar-refractivity contribution < 1.29 is 9.13 Å². The normalized spacial score (nSPS) is 10.6. The fourth-order valence-corrected chi connectivity index (χ4v) is 1.84. The van der Waals surface area contributed by atoms with E-state index in [4.69, 9.17) is 10.5 Å².